The summed E-state index contributed by atoms with van der Waals surface area (Å²) >= 11 is 0. The van der Waals surface area contributed by atoms with Gasteiger partial charge in [0.15, 0.2) is 0 Å². The topological polar surface area (TPSA) is 40.5 Å². The normalized spacial score (nSPS) is 16.6. The van der Waals surface area contributed by atoms with Crippen LogP contribution in [0.2, 0.25) is 0 Å². The zero-order valence-corrected chi connectivity index (χ0v) is 9.16. The predicted octanol–water partition coefficient (Wildman–Crippen LogP) is 1.76. The molecule has 0 fully saturated rings. The Hall–Kier alpha value is -0.520. The monoisotopic (exact) mass is 197 g/mol. The Morgan fingerprint density at radius 2 is 1.86 bits per heavy atom. The maximum atomic E-state index is 9.78. The largest absolute Gasteiger partial charge is 0.393 e. The van der Waals surface area contributed by atoms with Crippen LogP contribution in [-0.4, -0.2) is 22.4 Å². The van der Waals surface area contributed by atoms with E-state index in [1.54, 1.807) is 0 Å². The summed E-state index contributed by atoms with van der Waals surface area (Å²) in [5.74, 6) is 5.20. The van der Waals surface area contributed by atoms with Gasteiger partial charge in [0.2, 0.25) is 0 Å². The van der Waals surface area contributed by atoms with Crippen LogP contribution in [-0.2, 0) is 0 Å². The smallest absolute Gasteiger partial charge is 0.0702 e. The van der Waals surface area contributed by atoms with E-state index >= 15 is 0 Å². The fourth-order valence-corrected chi connectivity index (χ4v) is 1.61. The first-order chi connectivity index (χ1) is 6.67. The van der Waals surface area contributed by atoms with Crippen molar-refractivity contribution in [2.45, 2.75) is 51.7 Å². The summed E-state index contributed by atoms with van der Waals surface area (Å²) in [7, 11) is 0. The highest BCUT2D eigenvalue weighted by Crippen LogP contribution is 2.20. The Morgan fingerprint density at radius 1 is 1.21 bits per heavy atom. The number of rotatable bonds is 6. The SMILES string of the molecule is [CH2]C#CCC(O)C(CCC)C(O)CC. The quantitative estimate of drug-likeness (QED) is 0.637. The van der Waals surface area contributed by atoms with Crippen molar-refractivity contribution in [3.05, 3.63) is 6.92 Å². The second kappa shape index (κ2) is 7.84. The van der Waals surface area contributed by atoms with E-state index in [9.17, 15) is 10.2 Å². The minimum absolute atomic E-state index is 0.0501. The fraction of sp³-hybridized carbons (Fsp3) is 0.750. The molecule has 0 saturated heterocycles. The highest BCUT2D eigenvalue weighted by molar-refractivity contribution is 5.03. The van der Waals surface area contributed by atoms with Crippen molar-refractivity contribution in [3.8, 4) is 11.8 Å². The third kappa shape index (κ3) is 4.64. The molecule has 0 heterocycles. The van der Waals surface area contributed by atoms with E-state index in [1.807, 2.05) is 6.92 Å². The van der Waals surface area contributed by atoms with E-state index < -0.39 is 12.2 Å². The molecule has 0 amide bonds. The average molecular weight is 197 g/mol. The van der Waals surface area contributed by atoms with Crippen LogP contribution in [0.3, 0.4) is 0 Å². The van der Waals surface area contributed by atoms with Crippen molar-refractivity contribution >= 4 is 0 Å². The third-order valence-electron chi connectivity index (χ3n) is 2.46. The van der Waals surface area contributed by atoms with Crippen LogP contribution in [0.4, 0.5) is 0 Å². The molecule has 2 N–H and O–H groups in total. The van der Waals surface area contributed by atoms with Crippen LogP contribution in [0.15, 0.2) is 0 Å². The molecule has 0 aromatic rings. The molecular weight excluding hydrogens is 176 g/mol. The van der Waals surface area contributed by atoms with Gasteiger partial charge in [-0.25, -0.2) is 0 Å². The van der Waals surface area contributed by atoms with Gasteiger partial charge in [-0.2, -0.15) is 0 Å². The fourth-order valence-electron chi connectivity index (χ4n) is 1.61. The van der Waals surface area contributed by atoms with Crippen molar-refractivity contribution in [2.24, 2.45) is 5.92 Å². The van der Waals surface area contributed by atoms with Crippen LogP contribution in [0.5, 0.6) is 0 Å². The lowest BCUT2D eigenvalue weighted by Crippen LogP contribution is -2.31. The molecule has 3 atom stereocenters. The molecule has 0 spiro atoms. The molecule has 0 aromatic heterocycles. The molecule has 0 aliphatic heterocycles. The second-order valence-electron chi connectivity index (χ2n) is 3.55. The van der Waals surface area contributed by atoms with Crippen molar-refractivity contribution in [1.29, 1.82) is 0 Å². The van der Waals surface area contributed by atoms with E-state index in [2.05, 4.69) is 25.7 Å². The van der Waals surface area contributed by atoms with E-state index in [0.717, 1.165) is 12.8 Å². The highest BCUT2D eigenvalue weighted by Gasteiger charge is 2.24. The number of hydrogen-bond donors (Lipinski definition) is 2. The van der Waals surface area contributed by atoms with E-state index in [-0.39, 0.29) is 5.92 Å². The van der Waals surface area contributed by atoms with Gasteiger partial charge in [-0.1, -0.05) is 20.3 Å². The molecule has 0 saturated carbocycles. The van der Waals surface area contributed by atoms with E-state index in [4.69, 9.17) is 0 Å². The van der Waals surface area contributed by atoms with E-state index in [1.165, 1.54) is 0 Å². The summed E-state index contributed by atoms with van der Waals surface area (Å²) in [4.78, 5) is 0. The molecule has 3 unspecified atom stereocenters. The molecule has 0 rings (SSSR count). The van der Waals surface area contributed by atoms with Gasteiger partial charge < -0.3 is 10.2 Å². The molecule has 0 aliphatic rings. The summed E-state index contributed by atoms with van der Waals surface area (Å²) < 4.78 is 0. The van der Waals surface area contributed by atoms with E-state index in [0.29, 0.717) is 12.8 Å². The Bertz CT molecular complexity index is 190. The lowest BCUT2D eigenvalue weighted by molar-refractivity contribution is 0.00854. The lowest BCUT2D eigenvalue weighted by Gasteiger charge is -2.25. The molecule has 0 aromatic carbocycles. The molecular formula is C12H21O2. The first-order valence-electron chi connectivity index (χ1n) is 5.28. The van der Waals surface area contributed by atoms with Crippen molar-refractivity contribution < 1.29 is 10.2 Å². The maximum absolute atomic E-state index is 9.78. The minimum atomic E-state index is -0.529. The molecule has 14 heavy (non-hydrogen) atoms. The zero-order chi connectivity index (χ0) is 11.0. The molecule has 2 heteroatoms. The van der Waals surface area contributed by atoms with Crippen LogP contribution >= 0.6 is 0 Å². The van der Waals surface area contributed by atoms with Gasteiger partial charge in [0.05, 0.1) is 12.2 Å². The molecule has 2 nitrogen and oxygen atoms in total. The summed E-state index contributed by atoms with van der Waals surface area (Å²) in [5, 5.41) is 19.5. The Labute approximate surface area is 87.3 Å². The standard InChI is InChI=1S/C12H21O2/c1-4-7-9-12(14)10(8-5-2)11(13)6-3/h10-14H,1,5-6,8-9H2,2-3H3. The molecule has 0 bridgehead atoms. The summed E-state index contributed by atoms with van der Waals surface area (Å²) in [5.41, 5.74) is 0. The Morgan fingerprint density at radius 3 is 2.29 bits per heavy atom. The van der Waals surface area contributed by atoms with Gasteiger partial charge in [-0.3, -0.25) is 0 Å². The van der Waals surface area contributed by atoms with Gasteiger partial charge >= 0.3 is 0 Å². The Kier molecular flexibility index (Phi) is 7.55. The van der Waals surface area contributed by atoms with Crippen molar-refractivity contribution in [3.63, 3.8) is 0 Å². The van der Waals surface area contributed by atoms with Crippen LogP contribution in [0, 0.1) is 24.7 Å². The zero-order valence-electron chi connectivity index (χ0n) is 9.16. The number of aliphatic hydroxyl groups is 2. The van der Waals surface area contributed by atoms with Crippen molar-refractivity contribution in [1.82, 2.24) is 0 Å². The first-order valence-corrected chi connectivity index (χ1v) is 5.28. The third-order valence-corrected chi connectivity index (χ3v) is 2.46. The lowest BCUT2D eigenvalue weighted by atomic mass is 9.88. The molecule has 0 aliphatic carbocycles. The summed E-state index contributed by atoms with van der Waals surface area (Å²) in [6.07, 6.45) is 1.95. The maximum Gasteiger partial charge on any atom is 0.0702 e. The van der Waals surface area contributed by atoms with Gasteiger partial charge in [0.1, 0.15) is 0 Å². The Balaban J connectivity index is 4.21. The second-order valence-corrected chi connectivity index (χ2v) is 3.55. The number of aliphatic hydroxyl groups excluding tert-OH is 2. The van der Waals surface area contributed by atoms with Gasteiger partial charge in [-0.05, 0) is 12.8 Å². The summed E-state index contributed by atoms with van der Waals surface area (Å²) in [6, 6.07) is 0. The average Bonchev–Trinajstić information content (AvgIpc) is 2.21. The van der Waals surface area contributed by atoms with Crippen LogP contribution < -0.4 is 0 Å². The van der Waals surface area contributed by atoms with Gasteiger partial charge in [0, 0.05) is 19.3 Å². The molecule has 1 radical (unpaired) electrons. The van der Waals surface area contributed by atoms with Gasteiger partial charge in [0.25, 0.3) is 0 Å². The first kappa shape index (κ1) is 13.5. The highest BCUT2D eigenvalue weighted by atomic mass is 16.3. The van der Waals surface area contributed by atoms with Gasteiger partial charge in [-0.15, -0.1) is 11.8 Å². The van der Waals surface area contributed by atoms with Crippen LogP contribution in [0.25, 0.3) is 0 Å². The summed E-state index contributed by atoms with van der Waals surface area (Å²) in [6.45, 7) is 7.37. The van der Waals surface area contributed by atoms with Crippen molar-refractivity contribution in [2.75, 3.05) is 0 Å². The minimum Gasteiger partial charge on any atom is -0.393 e. The number of hydrogen-bond acceptors (Lipinski definition) is 2. The van der Waals surface area contributed by atoms with Crippen LogP contribution in [0.1, 0.15) is 39.5 Å². The molecule has 81 valence electrons. The predicted molar refractivity (Wildman–Crippen MR) is 58.5 cm³/mol.